The van der Waals surface area contributed by atoms with E-state index < -0.39 is 0 Å². The number of rotatable bonds is 10. The van der Waals surface area contributed by atoms with Crippen molar-refractivity contribution in [2.75, 3.05) is 20.2 Å². The Morgan fingerprint density at radius 3 is 2.30 bits per heavy atom. The summed E-state index contributed by atoms with van der Waals surface area (Å²) >= 11 is 0. The predicted octanol–water partition coefficient (Wildman–Crippen LogP) is 3.91. The van der Waals surface area contributed by atoms with Gasteiger partial charge in [-0.15, -0.1) is 0 Å². The largest absolute Gasteiger partial charge is 0.496 e. The van der Waals surface area contributed by atoms with Gasteiger partial charge in [0.05, 0.1) is 7.11 Å². The molecule has 1 rings (SSSR count). The van der Waals surface area contributed by atoms with Gasteiger partial charge in [0, 0.05) is 17.7 Å². The molecular formula is C17H27NO2. The summed E-state index contributed by atoms with van der Waals surface area (Å²) in [6.45, 7) is 7.48. The summed E-state index contributed by atoms with van der Waals surface area (Å²) in [7, 11) is 1.68. The van der Waals surface area contributed by atoms with Crippen LogP contribution in [0.1, 0.15) is 55.5 Å². The third-order valence-corrected chi connectivity index (χ3v) is 3.49. The van der Waals surface area contributed by atoms with E-state index in [1.54, 1.807) is 13.2 Å². The first kappa shape index (κ1) is 16.7. The van der Waals surface area contributed by atoms with Gasteiger partial charge in [-0.3, -0.25) is 9.69 Å². The minimum Gasteiger partial charge on any atom is -0.496 e. The van der Waals surface area contributed by atoms with Gasteiger partial charge in [0.2, 0.25) is 0 Å². The van der Waals surface area contributed by atoms with Crippen LogP contribution in [0.3, 0.4) is 0 Å². The van der Waals surface area contributed by atoms with Crippen LogP contribution in [0.2, 0.25) is 0 Å². The van der Waals surface area contributed by atoms with E-state index in [0.717, 1.165) is 37.2 Å². The molecule has 0 saturated carbocycles. The Balaban J connectivity index is 2.81. The summed E-state index contributed by atoms with van der Waals surface area (Å²) in [6, 6.07) is 5.63. The zero-order valence-corrected chi connectivity index (χ0v) is 13.0. The average molecular weight is 277 g/mol. The summed E-state index contributed by atoms with van der Waals surface area (Å²) in [4.78, 5) is 13.4. The Bertz CT molecular complexity index is 396. The lowest BCUT2D eigenvalue weighted by Crippen LogP contribution is -2.25. The Morgan fingerprint density at radius 1 is 1.15 bits per heavy atom. The van der Waals surface area contributed by atoms with Crippen molar-refractivity contribution in [3.8, 4) is 5.75 Å². The van der Waals surface area contributed by atoms with Gasteiger partial charge in [-0.1, -0.05) is 26.7 Å². The molecule has 0 amide bonds. The van der Waals surface area contributed by atoms with Crippen LogP contribution in [0.25, 0.3) is 0 Å². The van der Waals surface area contributed by atoms with Crippen molar-refractivity contribution in [3.05, 3.63) is 29.3 Å². The predicted molar refractivity (Wildman–Crippen MR) is 83.5 cm³/mol. The van der Waals surface area contributed by atoms with Crippen molar-refractivity contribution in [1.82, 2.24) is 4.90 Å². The zero-order chi connectivity index (χ0) is 14.8. The van der Waals surface area contributed by atoms with E-state index in [9.17, 15) is 4.79 Å². The Morgan fingerprint density at radius 2 is 1.80 bits per heavy atom. The van der Waals surface area contributed by atoms with Crippen molar-refractivity contribution in [1.29, 1.82) is 0 Å². The molecule has 112 valence electrons. The smallest absolute Gasteiger partial charge is 0.150 e. The Labute approximate surface area is 122 Å². The number of hydrogen-bond donors (Lipinski definition) is 0. The SMILES string of the molecule is CCCCN(CCCC)Cc1cc(C=O)ccc1OC. The monoisotopic (exact) mass is 277 g/mol. The van der Waals surface area contributed by atoms with Crippen LogP contribution in [0.15, 0.2) is 18.2 Å². The molecule has 0 heterocycles. The number of nitrogens with zero attached hydrogens (tertiary/aromatic N) is 1. The minimum absolute atomic E-state index is 0.715. The first-order valence-corrected chi connectivity index (χ1v) is 7.59. The summed E-state index contributed by atoms with van der Waals surface area (Å²) in [5.74, 6) is 0.869. The maximum absolute atomic E-state index is 10.9. The van der Waals surface area contributed by atoms with Crippen LogP contribution in [0.4, 0.5) is 0 Å². The molecule has 0 N–H and O–H groups in total. The summed E-state index contributed by atoms with van der Waals surface area (Å²) < 4.78 is 5.41. The third kappa shape index (κ3) is 5.33. The van der Waals surface area contributed by atoms with Crippen molar-refractivity contribution in [3.63, 3.8) is 0 Å². The van der Waals surface area contributed by atoms with E-state index in [0.29, 0.717) is 5.56 Å². The molecule has 0 saturated heterocycles. The number of methoxy groups -OCH3 is 1. The highest BCUT2D eigenvalue weighted by molar-refractivity contribution is 5.75. The van der Waals surface area contributed by atoms with Crippen LogP contribution in [0.5, 0.6) is 5.75 Å². The molecule has 3 nitrogen and oxygen atoms in total. The first-order chi connectivity index (χ1) is 9.74. The van der Waals surface area contributed by atoms with Gasteiger partial charge in [-0.25, -0.2) is 0 Å². The van der Waals surface area contributed by atoms with Crippen molar-refractivity contribution < 1.29 is 9.53 Å². The molecular weight excluding hydrogens is 250 g/mol. The second kappa shape index (κ2) is 9.54. The molecule has 0 aliphatic carbocycles. The molecule has 0 aliphatic rings. The molecule has 0 bridgehead atoms. The number of unbranched alkanes of at least 4 members (excludes halogenated alkanes) is 2. The fourth-order valence-corrected chi connectivity index (χ4v) is 2.27. The molecule has 3 heteroatoms. The van der Waals surface area contributed by atoms with Crippen LogP contribution in [-0.2, 0) is 6.54 Å². The van der Waals surface area contributed by atoms with Gasteiger partial charge in [-0.05, 0) is 44.1 Å². The van der Waals surface area contributed by atoms with Crippen LogP contribution < -0.4 is 4.74 Å². The maximum Gasteiger partial charge on any atom is 0.150 e. The van der Waals surface area contributed by atoms with E-state index in [-0.39, 0.29) is 0 Å². The lowest BCUT2D eigenvalue weighted by atomic mass is 10.1. The fraction of sp³-hybridized carbons (Fsp3) is 0.588. The highest BCUT2D eigenvalue weighted by Gasteiger charge is 2.10. The molecule has 0 atom stereocenters. The van der Waals surface area contributed by atoms with Gasteiger partial charge in [-0.2, -0.15) is 0 Å². The second-order valence-corrected chi connectivity index (χ2v) is 5.17. The Kier molecular flexibility index (Phi) is 7.97. The Hall–Kier alpha value is -1.35. The first-order valence-electron chi connectivity index (χ1n) is 7.59. The number of carbonyl (C=O) groups excluding carboxylic acids is 1. The van der Waals surface area contributed by atoms with Crippen LogP contribution in [0, 0.1) is 0 Å². The molecule has 0 spiro atoms. The summed E-state index contributed by atoms with van der Waals surface area (Å²) in [5, 5.41) is 0. The van der Waals surface area contributed by atoms with E-state index in [4.69, 9.17) is 4.74 Å². The molecule has 0 aromatic heterocycles. The highest BCUT2D eigenvalue weighted by atomic mass is 16.5. The summed E-state index contributed by atoms with van der Waals surface area (Å²) in [5.41, 5.74) is 1.82. The molecule has 1 aromatic rings. The molecule has 0 aliphatic heterocycles. The normalized spacial score (nSPS) is 10.8. The van der Waals surface area contributed by atoms with E-state index in [1.807, 2.05) is 12.1 Å². The lowest BCUT2D eigenvalue weighted by Gasteiger charge is -2.23. The van der Waals surface area contributed by atoms with Gasteiger partial charge in [0.25, 0.3) is 0 Å². The van der Waals surface area contributed by atoms with E-state index >= 15 is 0 Å². The number of carbonyl (C=O) groups is 1. The summed E-state index contributed by atoms with van der Waals surface area (Å²) in [6.07, 6.45) is 5.71. The minimum atomic E-state index is 0.715. The average Bonchev–Trinajstić information content (AvgIpc) is 2.49. The molecule has 0 radical (unpaired) electrons. The van der Waals surface area contributed by atoms with Gasteiger partial charge in [0.1, 0.15) is 12.0 Å². The standard InChI is InChI=1S/C17H27NO2/c1-4-6-10-18(11-7-5-2)13-16-12-15(14-19)8-9-17(16)20-3/h8-9,12,14H,4-7,10-11,13H2,1-3H3. The van der Waals surface area contributed by atoms with E-state index in [2.05, 4.69) is 18.7 Å². The molecule has 1 aromatic carbocycles. The van der Waals surface area contributed by atoms with Crippen molar-refractivity contribution >= 4 is 6.29 Å². The van der Waals surface area contributed by atoms with Gasteiger partial charge >= 0.3 is 0 Å². The molecule has 0 unspecified atom stereocenters. The number of benzene rings is 1. The fourth-order valence-electron chi connectivity index (χ4n) is 2.27. The molecule has 0 fully saturated rings. The third-order valence-electron chi connectivity index (χ3n) is 3.49. The number of hydrogen-bond acceptors (Lipinski definition) is 3. The van der Waals surface area contributed by atoms with Crippen molar-refractivity contribution in [2.24, 2.45) is 0 Å². The topological polar surface area (TPSA) is 29.5 Å². The van der Waals surface area contributed by atoms with Crippen molar-refractivity contribution in [2.45, 2.75) is 46.1 Å². The van der Waals surface area contributed by atoms with E-state index in [1.165, 1.54) is 25.7 Å². The second-order valence-electron chi connectivity index (χ2n) is 5.17. The zero-order valence-electron chi connectivity index (χ0n) is 13.0. The number of aldehydes is 1. The maximum atomic E-state index is 10.9. The van der Waals surface area contributed by atoms with Crippen LogP contribution in [-0.4, -0.2) is 31.4 Å². The number of ether oxygens (including phenoxy) is 1. The van der Waals surface area contributed by atoms with Crippen LogP contribution >= 0.6 is 0 Å². The quantitative estimate of drug-likeness (QED) is 0.607. The lowest BCUT2D eigenvalue weighted by molar-refractivity contribution is 0.112. The van der Waals surface area contributed by atoms with Gasteiger partial charge in [0.15, 0.2) is 0 Å². The highest BCUT2D eigenvalue weighted by Crippen LogP contribution is 2.21. The van der Waals surface area contributed by atoms with Gasteiger partial charge < -0.3 is 4.74 Å². The molecule has 20 heavy (non-hydrogen) atoms.